The molecular formula is C17H33N3O. The van der Waals surface area contributed by atoms with Gasteiger partial charge in [-0.05, 0) is 45.2 Å². The first-order chi connectivity index (χ1) is 10.2. The van der Waals surface area contributed by atoms with Crippen LogP contribution in [0.5, 0.6) is 0 Å². The molecule has 2 aliphatic rings. The predicted octanol–water partition coefficient (Wildman–Crippen LogP) is 2.27. The van der Waals surface area contributed by atoms with Crippen molar-refractivity contribution in [2.45, 2.75) is 76.3 Å². The fourth-order valence-electron chi connectivity index (χ4n) is 4.03. The Morgan fingerprint density at radius 2 is 1.76 bits per heavy atom. The molecule has 0 aromatic carbocycles. The average molecular weight is 295 g/mol. The van der Waals surface area contributed by atoms with Gasteiger partial charge in [-0.25, -0.2) is 0 Å². The molecule has 0 spiro atoms. The number of rotatable bonds is 6. The van der Waals surface area contributed by atoms with Crippen LogP contribution >= 0.6 is 0 Å². The minimum absolute atomic E-state index is 0.230. The summed E-state index contributed by atoms with van der Waals surface area (Å²) < 4.78 is 0. The van der Waals surface area contributed by atoms with Crippen LogP contribution in [0.3, 0.4) is 0 Å². The maximum Gasteiger partial charge on any atom is 0.221 e. The van der Waals surface area contributed by atoms with Crippen LogP contribution in [-0.2, 0) is 4.79 Å². The number of carbonyl (C=O) groups is 1. The third kappa shape index (κ3) is 5.26. The van der Waals surface area contributed by atoms with Crippen molar-refractivity contribution in [3.05, 3.63) is 0 Å². The molecule has 21 heavy (non-hydrogen) atoms. The lowest BCUT2D eigenvalue weighted by molar-refractivity contribution is -0.122. The molecule has 2 atom stereocenters. The van der Waals surface area contributed by atoms with E-state index < -0.39 is 0 Å². The van der Waals surface area contributed by atoms with Crippen LogP contribution < -0.4 is 11.1 Å². The molecule has 0 bridgehead atoms. The molecular weight excluding hydrogens is 262 g/mol. The van der Waals surface area contributed by atoms with Gasteiger partial charge in [0.05, 0.1) is 0 Å². The van der Waals surface area contributed by atoms with Crippen molar-refractivity contribution >= 4 is 5.91 Å². The Morgan fingerprint density at radius 3 is 2.48 bits per heavy atom. The third-order valence-electron chi connectivity index (χ3n) is 5.40. The summed E-state index contributed by atoms with van der Waals surface area (Å²) in [7, 11) is 2.16. The van der Waals surface area contributed by atoms with Gasteiger partial charge in [0.1, 0.15) is 0 Å². The topological polar surface area (TPSA) is 58.4 Å². The van der Waals surface area contributed by atoms with Gasteiger partial charge < -0.3 is 16.0 Å². The lowest BCUT2D eigenvalue weighted by atomic mass is 9.83. The maximum atomic E-state index is 12.1. The predicted molar refractivity (Wildman–Crippen MR) is 87.1 cm³/mol. The van der Waals surface area contributed by atoms with E-state index in [4.69, 9.17) is 5.73 Å². The molecule has 3 N–H and O–H groups in total. The molecule has 2 saturated carbocycles. The number of nitrogens with zero attached hydrogens (tertiary/aromatic N) is 1. The zero-order valence-electron chi connectivity index (χ0n) is 13.7. The molecule has 2 fully saturated rings. The normalized spacial score (nSPS) is 27.8. The molecule has 2 rings (SSSR count). The maximum absolute atomic E-state index is 12.1. The number of hydrogen-bond donors (Lipinski definition) is 2. The smallest absolute Gasteiger partial charge is 0.221 e. The van der Waals surface area contributed by atoms with Gasteiger partial charge in [0.15, 0.2) is 0 Å². The van der Waals surface area contributed by atoms with Crippen LogP contribution in [0.4, 0.5) is 0 Å². The fraction of sp³-hybridized carbons (Fsp3) is 0.941. The van der Waals surface area contributed by atoms with Crippen molar-refractivity contribution in [2.75, 3.05) is 20.1 Å². The van der Waals surface area contributed by atoms with Gasteiger partial charge in [-0.15, -0.1) is 0 Å². The molecule has 0 radical (unpaired) electrons. The molecule has 0 aromatic heterocycles. The van der Waals surface area contributed by atoms with Gasteiger partial charge in [-0.3, -0.25) is 4.79 Å². The Balaban J connectivity index is 1.69. The van der Waals surface area contributed by atoms with E-state index in [9.17, 15) is 4.79 Å². The zero-order chi connectivity index (χ0) is 15.1. The van der Waals surface area contributed by atoms with E-state index in [1.54, 1.807) is 0 Å². The van der Waals surface area contributed by atoms with E-state index in [-0.39, 0.29) is 5.91 Å². The Kier molecular flexibility index (Phi) is 6.97. The zero-order valence-corrected chi connectivity index (χ0v) is 13.7. The largest absolute Gasteiger partial charge is 0.353 e. The first-order valence-electron chi connectivity index (χ1n) is 8.90. The van der Waals surface area contributed by atoms with E-state index in [1.165, 1.54) is 57.8 Å². The van der Waals surface area contributed by atoms with E-state index in [0.29, 0.717) is 24.4 Å². The van der Waals surface area contributed by atoms with Gasteiger partial charge in [-0.1, -0.05) is 32.1 Å². The highest BCUT2D eigenvalue weighted by Crippen LogP contribution is 2.27. The highest BCUT2D eigenvalue weighted by Gasteiger charge is 2.27. The van der Waals surface area contributed by atoms with E-state index in [1.807, 2.05) is 0 Å². The second-order valence-corrected chi connectivity index (χ2v) is 6.98. The van der Waals surface area contributed by atoms with E-state index in [2.05, 4.69) is 17.3 Å². The molecule has 0 saturated heterocycles. The van der Waals surface area contributed by atoms with Crippen molar-refractivity contribution < 1.29 is 4.79 Å². The van der Waals surface area contributed by atoms with Gasteiger partial charge in [0.25, 0.3) is 0 Å². The van der Waals surface area contributed by atoms with E-state index in [0.717, 1.165) is 13.1 Å². The number of hydrogen-bond acceptors (Lipinski definition) is 3. The summed E-state index contributed by atoms with van der Waals surface area (Å²) in [4.78, 5) is 14.5. The van der Waals surface area contributed by atoms with Gasteiger partial charge in [0, 0.05) is 25.0 Å². The minimum Gasteiger partial charge on any atom is -0.353 e. The molecule has 2 unspecified atom stereocenters. The molecule has 122 valence electrons. The molecule has 0 aromatic rings. The van der Waals surface area contributed by atoms with Crippen molar-refractivity contribution in [1.82, 2.24) is 10.2 Å². The van der Waals surface area contributed by atoms with Gasteiger partial charge in [-0.2, -0.15) is 0 Å². The molecule has 0 heterocycles. The Labute approximate surface area is 129 Å². The molecule has 1 amide bonds. The lowest BCUT2D eigenvalue weighted by Crippen LogP contribution is -2.45. The monoisotopic (exact) mass is 295 g/mol. The van der Waals surface area contributed by atoms with Crippen LogP contribution in [0.1, 0.15) is 64.2 Å². The number of amides is 1. The first-order valence-corrected chi connectivity index (χ1v) is 8.90. The Bertz CT molecular complexity index is 315. The lowest BCUT2D eigenvalue weighted by Gasteiger charge is -2.37. The summed E-state index contributed by atoms with van der Waals surface area (Å²) in [5, 5.41) is 3.21. The summed E-state index contributed by atoms with van der Waals surface area (Å²) in [5.41, 5.74) is 5.91. The minimum atomic E-state index is 0.230. The highest BCUT2D eigenvalue weighted by molar-refractivity contribution is 5.76. The number of nitrogens with one attached hydrogen (secondary N) is 1. The molecule has 0 aliphatic heterocycles. The van der Waals surface area contributed by atoms with Crippen molar-refractivity contribution in [3.63, 3.8) is 0 Å². The van der Waals surface area contributed by atoms with E-state index >= 15 is 0 Å². The van der Waals surface area contributed by atoms with Gasteiger partial charge >= 0.3 is 0 Å². The second kappa shape index (κ2) is 8.74. The molecule has 2 aliphatic carbocycles. The number of nitrogens with two attached hydrogens (primary N) is 1. The second-order valence-electron chi connectivity index (χ2n) is 6.98. The highest BCUT2D eigenvalue weighted by atomic mass is 16.1. The van der Waals surface area contributed by atoms with Crippen LogP contribution in [-0.4, -0.2) is 43.0 Å². The first kappa shape index (κ1) is 16.8. The Morgan fingerprint density at radius 1 is 1.10 bits per heavy atom. The van der Waals surface area contributed by atoms with Crippen molar-refractivity contribution in [3.8, 4) is 0 Å². The standard InChI is InChI=1S/C17H33N3O/c1-20(16-10-6-5-7-14(16)13-18)12-11-17(21)19-15-8-3-2-4-9-15/h14-16H,2-13,18H2,1H3,(H,19,21). The van der Waals surface area contributed by atoms with Crippen LogP contribution in [0.15, 0.2) is 0 Å². The summed E-state index contributed by atoms with van der Waals surface area (Å²) >= 11 is 0. The van der Waals surface area contributed by atoms with Gasteiger partial charge in [0.2, 0.25) is 5.91 Å². The Hall–Kier alpha value is -0.610. The van der Waals surface area contributed by atoms with Crippen molar-refractivity contribution in [1.29, 1.82) is 0 Å². The van der Waals surface area contributed by atoms with Crippen molar-refractivity contribution in [2.24, 2.45) is 11.7 Å². The molecule has 4 heteroatoms. The molecule has 4 nitrogen and oxygen atoms in total. The van der Waals surface area contributed by atoms with Crippen LogP contribution in [0.2, 0.25) is 0 Å². The average Bonchev–Trinajstić information content (AvgIpc) is 2.53. The summed E-state index contributed by atoms with van der Waals surface area (Å²) in [6.45, 7) is 1.64. The third-order valence-corrected chi connectivity index (χ3v) is 5.40. The summed E-state index contributed by atoms with van der Waals surface area (Å²) in [6.07, 6.45) is 11.9. The number of carbonyl (C=O) groups excluding carboxylic acids is 1. The fourth-order valence-corrected chi connectivity index (χ4v) is 4.03. The SMILES string of the molecule is CN(CCC(=O)NC1CCCCC1)C1CCCCC1CN. The summed E-state index contributed by atoms with van der Waals surface area (Å²) in [6, 6.07) is 1.01. The van der Waals surface area contributed by atoms with Crippen LogP contribution in [0.25, 0.3) is 0 Å². The van der Waals surface area contributed by atoms with Crippen LogP contribution in [0, 0.1) is 5.92 Å². The summed E-state index contributed by atoms with van der Waals surface area (Å²) in [5.74, 6) is 0.846. The quantitative estimate of drug-likeness (QED) is 0.790.